The van der Waals surface area contributed by atoms with Gasteiger partial charge in [0.15, 0.2) is 5.78 Å². The number of allylic oxidation sites excluding steroid dienone is 1. The molecule has 0 N–H and O–H groups in total. The minimum Gasteiger partial charge on any atom is -0.294 e. The van der Waals surface area contributed by atoms with Crippen LogP contribution in [-0.2, 0) is 10.2 Å². The van der Waals surface area contributed by atoms with Gasteiger partial charge in [0.2, 0.25) is 0 Å². The Labute approximate surface area is 111 Å². The molecular formula is C16H22OSi. The first kappa shape index (κ1) is 13.3. The normalized spacial score (nSPS) is 18.9. The number of Topliss-reactive ketones (excluding diaryl/α,β-unsaturated/α-hetero) is 1. The molecule has 0 saturated heterocycles. The van der Waals surface area contributed by atoms with Crippen LogP contribution in [0.5, 0.6) is 0 Å². The van der Waals surface area contributed by atoms with Gasteiger partial charge in [-0.3, -0.25) is 4.79 Å². The molecule has 0 amide bonds. The zero-order chi connectivity index (χ0) is 13.7. The van der Waals surface area contributed by atoms with Gasteiger partial charge >= 0.3 is 0 Å². The van der Waals surface area contributed by atoms with E-state index >= 15 is 0 Å². The fraction of sp³-hybridized carbons (Fsp3) is 0.438. The van der Waals surface area contributed by atoms with Crippen molar-refractivity contribution in [2.24, 2.45) is 0 Å². The monoisotopic (exact) mass is 258 g/mol. The number of benzene rings is 1. The highest BCUT2D eigenvalue weighted by Crippen LogP contribution is 2.43. The Hall–Kier alpha value is -1.15. The summed E-state index contributed by atoms with van der Waals surface area (Å²) < 4.78 is 0. The Balaban J connectivity index is 2.83. The molecule has 0 unspecified atom stereocenters. The third-order valence-electron chi connectivity index (χ3n) is 3.90. The van der Waals surface area contributed by atoms with Crippen molar-refractivity contribution in [3.05, 3.63) is 41.0 Å². The zero-order valence-corrected chi connectivity index (χ0v) is 13.2. The minimum absolute atomic E-state index is 0.290. The topological polar surface area (TPSA) is 17.1 Å². The van der Waals surface area contributed by atoms with Gasteiger partial charge in [-0.05, 0) is 42.7 Å². The van der Waals surface area contributed by atoms with Crippen molar-refractivity contribution >= 4 is 19.1 Å². The highest BCUT2D eigenvalue weighted by molar-refractivity contribution is 6.94. The van der Waals surface area contributed by atoms with Crippen molar-refractivity contribution in [3.8, 4) is 0 Å². The maximum atomic E-state index is 12.6. The summed E-state index contributed by atoms with van der Waals surface area (Å²) >= 11 is 0. The predicted molar refractivity (Wildman–Crippen MR) is 80.4 cm³/mol. The molecule has 0 bridgehead atoms. The van der Waals surface area contributed by atoms with Gasteiger partial charge in [-0.2, -0.15) is 0 Å². The second-order valence-corrected chi connectivity index (χ2v) is 11.7. The summed E-state index contributed by atoms with van der Waals surface area (Å²) in [5.74, 6) is 0.290. The van der Waals surface area contributed by atoms with Crippen LogP contribution in [0.4, 0.5) is 0 Å². The number of carbonyl (C=O) groups excluding carboxylic acids is 1. The van der Waals surface area contributed by atoms with Crippen LogP contribution in [0.1, 0.15) is 31.9 Å². The van der Waals surface area contributed by atoms with E-state index in [0.717, 1.165) is 5.57 Å². The third-order valence-corrected chi connectivity index (χ3v) is 6.05. The Morgan fingerprint density at radius 1 is 1.06 bits per heavy atom. The number of carbonyl (C=O) groups is 1. The van der Waals surface area contributed by atoms with Crippen molar-refractivity contribution in [2.45, 2.75) is 45.8 Å². The van der Waals surface area contributed by atoms with Crippen LogP contribution in [0.25, 0.3) is 5.20 Å². The van der Waals surface area contributed by atoms with Gasteiger partial charge < -0.3 is 0 Å². The number of rotatable bonds is 1. The van der Waals surface area contributed by atoms with Crippen molar-refractivity contribution in [1.29, 1.82) is 0 Å². The Morgan fingerprint density at radius 3 is 2.17 bits per heavy atom. The van der Waals surface area contributed by atoms with Crippen LogP contribution in [0.3, 0.4) is 0 Å². The first-order valence-corrected chi connectivity index (χ1v) is 10.0. The lowest BCUT2D eigenvalue weighted by molar-refractivity contribution is -0.119. The molecule has 0 fully saturated rings. The summed E-state index contributed by atoms with van der Waals surface area (Å²) in [5.41, 5.74) is 3.10. The first-order chi connectivity index (χ1) is 8.17. The van der Waals surface area contributed by atoms with Crippen LogP contribution in [0.15, 0.2) is 29.8 Å². The molecule has 18 heavy (non-hydrogen) atoms. The Bertz CT molecular complexity index is 544. The quantitative estimate of drug-likeness (QED) is 0.690. The molecule has 1 nitrogen and oxygen atoms in total. The van der Waals surface area contributed by atoms with Gasteiger partial charge in [-0.15, -0.1) is 0 Å². The second-order valence-electron chi connectivity index (χ2n) is 6.75. The van der Waals surface area contributed by atoms with Crippen molar-refractivity contribution < 1.29 is 4.79 Å². The Kier molecular flexibility index (Phi) is 2.89. The molecule has 1 aromatic rings. The first-order valence-electron chi connectivity index (χ1n) is 6.53. The summed E-state index contributed by atoms with van der Waals surface area (Å²) in [4.78, 5) is 12.6. The smallest absolute Gasteiger partial charge is 0.168 e. The second kappa shape index (κ2) is 3.92. The van der Waals surface area contributed by atoms with E-state index in [1.54, 1.807) is 0 Å². The average Bonchev–Trinajstić information content (AvgIpc) is 2.25. The summed E-state index contributed by atoms with van der Waals surface area (Å²) in [7, 11) is -1.52. The van der Waals surface area contributed by atoms with E-state index in [9.17, 15) is 4.79 Å². The zero-order valence-electron chi connectivity index (χ0n) is 12.2. The number of ketones is 1. The summed E-state index contributed by atoms with van der Waals surface area (Å²) in [5, 5.41) is 1.34. The maximum Gasteiger partial charge on any atom is 0.168 e. The Morgan fingerprint density at radius 2 is 1.61 bits per heavy atom. The number of hydrogen-bond donors (Lipinski definition) is 0. The molecule has 0 radical (unpaired) electrons. The van der Waals surface area contributed by atoms with Crippen LogP contribution in [0, 0.1) is 0 Å². The summed E-state index contributed by atoms with van der Waals surface area (Å²) in [6, 6.07) is 8.41. The maximum absolute atomic E-state index is 12.6. The highest BCUT2D eigenvalue weighted by Gasteiger charge is 2.41. The standard InChI is InChI=1S/C16H22OSi/c1-11-14(18(4,5)6)12-9-7-8-10-13(12)16(2,3)15(11)17/h7-10H,1-6H3. The molecular weight excluding hydrogens is 236 g/mol. The molecule has 1 aliphatic rings. The fourth-order valence-electron chi connectivity index (χ4n) is 3.12. The van der Waals surface area contributed by atoms with Gasteiger partial charge in [0, 0.05) is 0 Å². The lowest BCUT2D eigenvalue weighted by atomic mass is 9.72. The van der Waals surface area contributed by atoms with Crippen LogP contribution in [-0.4, -0.2) is 13.9 Å². The SMILES string of the molecule is CC1=C([Si](C)(C)C)c2ccccc2C(C)(C)C1=O. The lowest BCUT2D eigenvalue weighted by Gasteiger charge is -2.37. The van der Waals surface area contributed by atoms with E-state index in [1.165, 1.54) is 16.3 Å². The van der Waals surface area contributed by atoms with Crippen molar-refractivity contribution in [3.63, 3.8) is 0 Å². The number of hydrogen-bond acceptors (Lipinski definition) is 1. The highest BCUT2D eigenvalue weighted by atomic mass is 28.3. The van der Waals surface area contributed by atoms with Crippen molar-refractivity contribution in [2.75, 3.05) is 0 Å². The van der Waals surface area contributed by atoms with E-state index in [4.69, 9.17) is 0 Å². The molecule has 2 rings (SSSR count). The third kappa shape index (κ3) is 1.79. The molecule has 0 heterocycles. The van der Waals surface area contributed by atoms with Gasteiger partial charge in [0.05, 0.1) is 13.5 Å². The summed E-state index contributed by atoms with van der Waals surface area (Å²) in [6.45, 7) is 13.0. The van der Waals surface area contributed by atoms with Crippen LogP contribution in [0.2, 0.25) is 19.6 Å². The minimum atomic E-state index is -1.52. The number of fused-ring (bicyclic) bond motifs is 1. The van der Waals surface area contributed by atoms with E-state index in [2.05, 4.69) is 37.8 Å². The van der Waals surface area contributed by atoms with E-state index in [-0.39, 0.29) is 5.41 Å². The largest absolute Gasteiger partial charge is 0.294 e. The van der Waals surface area contributed by atoms with Gasteiger partial charge in [-0.1, -0.05) is 43.9 Å². The predicted octanol–water partition coefficient (Wildman–Crippen LogP) is 4.20. The molecule has 0 atom stereocenters. The van der Waals surface area contributed by atoms with E-state index in [0.29, 0.717) is 5.78 Å². The van der Waals surface area contributed by atoms with Crippen molar-refractivity contribution in [1.82, 2.24) is 0 Å². The van der Waals surface area contributed by atoms with Crippen LogP contribution >= 0.6 is 0 Å². The molecule has 0 spiro atoms. The van der Waals surface area contributed by atoms with E-state index in [1.807, 2.05) is 26.8 Å². The summed E-state index contributed by atoms with van der Waals surface area (Å²) in [6.07, 6.45) is 0. The molecule has 0 aliphatic heterocycles. The lowest BCUT2D eigenvalue weighted by Crippen LogP contribution is -2.39. The molecule has 96 valence electrons. The molecule has 0 saturated carbocycles. The molecule has 2 heteroatoms. The molecule has 1 aromatic carbocycles. The van der Waals surface area contributed by atoms with Gasteiger partial charge in [0.25, 0.3) is 0 Å². The van der Waals surface area contributed by atoms with Crippen LogP contribution < -0.4 is 0 Å². The fourth-order valence-corrected chi connectivity index (χ4v) is 5.38. The average molecular weight is 258 g/mol. The van der Waals surface area contributed by atoms with E-state index < -0.39 is 8.07 Å². The van der Waals surface area contributed by atoms with Gasteiger partial charge in [-0.25, -0.2) is 0 Å². The van der Waals surface area contributed by atoms with Gasteiger partial charge in [0.1, 0.15) is 0 Å². The molecule has 1 aliphatic carbocycles. The molecule has 0 aromatic heterocycles.